The van der Waals surface area contributed by atoms with E-state index in [9.17, 15) is 14.7 Å². The number of carbonyl (C=O) groups is 2. The van der Waals surface area contributed by atoms with Crippen LogP contribution in [0.5, 0.6) is 11.5 Å². The Hall–Kier alpha value is -2.84. The molecule has 1 fully saturated rings. The molecular formula is C20H17NO5S2. The predicted octanol–water partition coefficient (Wildman–Crippen LogP) is 4.12. The van der Waals surface area contributed by atoms with Gasteiger partial charge in [0.1, 0.15) is 11.5 Å². The first-order chi connectivity index (χ1) is 13.3. The quantitative estimate of drug-likeness (QED) is 0.582. The number of hydrogen-bond acceptors (Lipinski definition) is 6. The Kier molecular flexibility index (Phi) is 5.71. The van der Waals surface area contributed by atoms with Crippen molar-refractivity contribution >= 4 is 51.9 Å². The molecule has 28 heavy (non-hydrogen) atoms. The minimum Gasteiger partial charge on any atom is -0.497 e. The molecule has 0 aliphatic carbocycles. The molecule has 2 aromatic carbocycles. The first-order valence-electron chi connectivity index (χ1n) is 8.19. The summed E-state index contributed by atoms with van der Waals surface area (Å²) in [5, 5.41) is 9.34. The van der Waals surface area contributed by atoms with Crippen LogP contribution in [0.15, 0.2) is 41.3 Å². The van der Waals surface area contributed by atoms with Gasteiger partial charge in [-0.1, -0.05) is 30.0 Å². The molecule has 0 unspecified atom stereocenters. The molecule has 1 aliphatic heterocycles. The summed E-state index contributed by atoms with van der Waals surface area (Å²) in [6, 6.07) is 10.1. The number of carbonyl (C=O) groups excluding carboxylic acids is 1. The number of hydrogen-bond donors (Lipinski definition) is 1. The van der Waals surface area contributed by atoms with E-state index in [2.05, 4.69) is 0 Å². The third-order valence-electron chi connectivity index (χ3n) is 4.23. The van der Waals surface area contributed by atoms with Gasteiger partial charge in [0.2, 0.25) is 0 Å². The largest absolute Gasteiger partial charge is 0.497 e. The fourth-order valence-electron chi connectivity index (χ4n) is 2.76. The topological polar surface area (TPSA) is 76.1 Å². The number of thioether (sulfide) groups is 1. The number of nitrogens with zero attached hydrogens (tertiary/aromatic N) is 1. The average Bonchev–Trinajstić information content (AvgIpc) is 2.95. The molecule has 0 aromatic heterocycles. The molecular weight excluding hydrogens is 398 g/mol. The Morgan fingerprint density at radius 1 is 1.18 bits per heavy atom. The normalized spacial score (nSPS) is 15.2. The van der Waals surface area contributed by atoms with Crippen molar-refractivity contribution in [3.8, 4) is 11.5 Å². The van der Waals surface area contributed by atoms with Crippen LogP contribution in [0.25, 0.3) is 6.08 Å². The summed E-state index contributed by atoms with van der Waals surface area (Å²) in [6.45, 7) is 1.70. The van der Waals surface area contributed by atoms with Crippen LogP contribution in [-0.4, -0.2) is 35.5 Å². The van der Waals surface area contributed by atoms with Crippen molar-refractivity contribution in [2.75, 3.05) is 19.1 Å². The van der Waals surface area contributed by atoms with Crippen molar-refractivity contribution in [2.24, 2.45) is 0 Å². The van der Waals surface area contributed by atoms with Gasteiger partial charge in [0.05, 0.1) is 30.4 Å². The number of carboxylic acids is 1. The number of ether oxygens (including phenoxy) is 2. The lowest BCUT2D eigenvalue weighted by Gasteiger charge is -2.16. The number of methoxy groups -OCH3 is 2. The van der Waals surface area contributed by atoms with Gasteiger partial charge in [-0.3, -0.25) is 9.69 Å². The van der Waals surface area contributed by atoms with Crippen LogP contribution in [0.2, 0.25) is 0 Å². The van der Waals surface area contributed by atoms with Gasteiger partial charge in [0.15, 0.2) is 4.32 Å². The number of thiocarbonyl (C=S) groups is 1. The van der Waals surface area contributed by atoms with E-state index in [1.807, 2.05) is 0 Å². The summed E-state index contributed by atoms with van der Waals surface area (Å²) in [6.07, 6.45) is 1.69. The maximum absolute atomic E-state index is 13.0. The first-order valence-corrected chi connectivity index (χ1v) is 9.42. The fourth-order valence-corrected chi connectivity index (χ4v) is 4.05. The van der Waals surface area contributed by atoms with E-state index >= 15 is 0 Å². The number of carboxylic acid groups (broad SMARTS) is 1. The van der Waals surface area contributed by atoms with Crippen molar-refractivity contribution in [3.63, 3.8) is 0 Å². The van der Waals surface area contributed by atoms with E-state index < -0.39 is 5.97 Å². The van der Waals surface area contributed by atoms with E-state index in [1.165, 1.54) is 11.0 Å². The van der Waals surface area contributed by atoms with E-state index in [1.54, 1.807) is 57.6 Å². The van der Waals surface area contributed by atoms with E-state index in [4.69, 9.17) is 21.7 Å². The van der Waals surface area contributed by atoms with Crippen LogP contribution >= 0.6 is 24.0 Å². The average molecular weight is 415 g/mol. The highest BCUT2D eigenvalue weighted by Gasteiger charge is 2.34. The van der Waals surface area contributed by atoms with Crippen molar-refractivity contribution < 1.29 is 24.2 Å². The van der Waals surface area contributed by atoms with Crippen LogP contribution in [0.1, 0.15) is 21.5 Å². The monoisotopic (exact) mass is 415 g/mol. The lowest BCUT2D eigenvalue weighted by atomic mass is 10.1. The van der Waals surface area contributed by atoms with E-state index in [-0.39, 0.29) is 11.5 Å². The molecule has 0 spiro atoms. The lowest BCUT2D eigenvalue weighted by Crippen LogP contribution is -2.27. The van der Waals surface area contributed by atoms with Crippen LogP contribution in [0, 0.1) is 6.92 Å². The molecule has 1 N–H and O–H groups in total. The molecule has 0 saturated carbocycles. The number of anilines is 1. The van der Waals surface area contributed by atoms with Crippen molar-refractivity contribution in [3.05, 3.63) is 58.0 Å². The molecule has 144 valence electrons. The van der Waals surface area contributed by atoms with Gasteiger partial charge in [-0.25, -0.2) is 4.79 Å². The minimum absolute atomic E-state index is 0.130. The Bertz CT molecular complexity index is 1020. The third kappa shape index (κ3) is 3.74. The number of amides is 1. The highest BCUT2D eigenvalue weighted by Crippen LogP contribution is 2.38. The zero-order valence-corrected chi connectivity index (χ0v) is 17.0. The Labute approximate surface area is 171 Å². The molecule has 2 aromatic rings. The van der Waals surface area contributed by atoms with Gasteiger partial charge < -0.3 is 14.6 Å². The molecule has 6 nitrogen and oxygen atoms in total. The van der Waals surface area contributed by atoms with Crippen LogP contribution in [0.4, 0.5) is 5.69 Å². The molecule has 0 radical (unpaired) electrons. The van der Waals surface area contributed by atoms with Gasteiger partial charge in [-0.2, -0.15) is 0 Å². The molecule has 3 rings (SSSR count). The SMILES string of the molecule is COc1ccc(OC)c(/C=C2\SC(=S)N(c3ccc(C)c(C(=O)O)c3)C2=O)c1. The standard InChI is InChI=1S/C20H17NO5S2/c1-11-4-5-13(10-15(11)19(23)24)21-18(22)17(28-20(21)27)9-12-8-14(25-2)6-7-16(12)26-3/h4-10H,1-3H3,(H,23,24)/b17-9-. The summed E-state index contributed by atoms with van der Waals surface area (Å²) in [5.41, 5.74) is 1.84. The van der Waals surface area contributed by atoms with Crippen LogP contribution < -0.4 is 14.4 Å². The third-order valence-corrected chi connectivity index (χ3v) is 5.53. The van der Waals surface area contributed by atoms with Crippen LogP contribution in [0.3, 0.4) is 0 Å². The molecule has 0 atom stereocenters. The van der Waals surface area contributed by atoms with Gasteiger partial charge in [-0.15, -0.1) is 0 Å². The minimum atomic E-state index is -1.05. The molecule has 8 heteroatoms. The smallest absolute Gasteiger partial charge is 0.336 e. The van der Waals surface area contributed by atoms with Gasteiger partial charge in [0, 0.05) is 5.56 Å². The van der Waals surface area contributed by atoms with Crippen molar-refractivity contribution in [1.82, 2.24) is 0 Å². The second kappa shape index (κ2) is 8.04. The zero-order chi connectivity index (χ0) is 20.4. The maximum Gasteiger partial charge on any atom is 0.336 e. The van der Waals surface area contributed by atoms with E-state index in [0.29, 0.717) is 37.5 Å². The van der Waals surface area contributed by atoms with Gasteiger partial charge >= 0.3 is 5.97 Å². The van der Waals surface area contributed by atoms with E-state index in [0.717, 1.165) is 11.8 Å². The Balaban J connectivity index is 2.00. The summed E-state index contributed by atoms with van der Waals surface area (Å²) in [4.78, 5) is 26.1. The Morgan fingerprint density at radius 3 is 2.57 bits per heavy atom. The zero-order valence-electron chi connectivity index (χ0n) is 15.4. The fraction of sp³-hybridized carbons (Fsp3) is 0.150. The van der Waals surface area contributed by atoms with Crippen LogP contribution in [-0.2, 0) is 4.79 Å². The summed E-state index contributed by atoms with van der Waals surface area (Å²) >= 11 is 6.52. The summed E-state index contributed by atoms with van der Waals surface area (Å²) < 4.78 is 10.9. The summed E-state index contributed by atoms with van der Waals surface area (Å²) in [5.74, 6) is -0.150. The molecule has 1 aliphatic rings. The maximum atomic E-state index is 13.0. The first kappa shape index (κ1) is 19.9. The predicted molar refractivity (Wildman–Crippen MR) is 113 cm³/mol. The Morgan fingerprint density at radius 2 is 1.93 bits per heavy atom. The molecule has 1 heterocycles. The van der Waals surface area contributed by atoms with Crippen molar-refractivity contribution in [1.29, 1.82) is 0 Å². The van der Waals surface area contributed by atoms with Crippen molar-refractivity contribution in [2.45, 2.75) is 6.92 Å². The number of rotatable bonds is 5. The number of aryl methyl sites for hydroxylation is 1. The number of benzene rings is 2. The number of aromatic carboxylic acids is 1. The second-order valence-corrected chi connectivity index (χ2v) is 7.61. The molecule has 1 saturated heterocycles. The van der Waals surface area contributed by atoms with Gasteiger partial charge in [0.25, 0.3) is 5.91 Å². The highest BCUT2D eigenvalue weighted by atomic mass is 32.2. The molecule has 0 bridgehead atoms. The summed E-state index contributed by atoms with van der Waals surface area (Å²) in [7, 11) is 3.10. The lowest BCUT2D eigenvalue weighted by molar-refractivity contribution is -0.113. The van der Waals surface area contributed by atoms with Gasteiger partial charge in [-0.05, 0) is 48.9 Å². The highest BCUT2D eigenvalue weighted by molar-refractivity contribution is 8.27. The second-order valence-electron chi connectivity index (χ2n) is 5.93. The molecule has 1 amide bonds.